The van der Waals surface area contributed by atoms with Gasteiger partial charge in [-0.3, -0.25) is 13.9 Å². The molecule has 0 aliphatic rings. The molecule has 2 heterocycles. The second kappa shape index (κ2) is 5.31. The molecule has 0 radical (unpaired) electrons. The molecule has 1 N–H and O–H groups in total. The summed E-state index contributed by atoms with van der Waals surface area (Å²) in [6.45, 7) is 0. The largest absolute Gasteiger partial charge is 0.355 e. The molecule has 3 rings (SSSR count). The van der Waals surface area contributed by atoms with Crippen LogP contribution in [-0.4, -0.2) is 14.1 Å². The molecular formula is C15H13ClN4O2. The highest BCUT2D eigenvalue weighted by atomic mass is 35.5. The maximum atomic E-state index is 12.4. The van der Waals surface area contributed by atoms with Crippen molar-refractivity contribution in [3.05, 3.63) is 62.4 Å². The number of pyridine rings is 1. The van der Waals surface area contributed by atoms with Crippen molar-refractivity contribution < 1.29 is 0 Å². The fraction of sp³-hybridized carbons (Fsp3) is 0.133. The van der Waals surface area contributed by atoms with Gasteiger partial charge in [-0.1, -0.05) is 11.6 Å². The van der Waals surface area contributed by atoms with Gasteiger partial charge >= 0.3 is 5.69 Å². The third-order valence-electron chi connectivity index (χ3n) is 3.46. The number of hydrogen-bond acceptors (Lipinski definition) is 4. The Morgan fingerprint density at radius 3 is 2.41 bits per heavy atom. The number of aryl methyl sites for hydroxylation is 1. The second-order valence-electron chi connectivity index (χ2n) is 4.89. The Morgan fingerprint density at radius 2 is 1.73 bits per heavy atom. The highest BCUT2D eigenvalue weighted by Gasteiger charge is 2.13. The predicted octanol–water partition coefficient (Wildman–Crippen LogP) is 2.03. The van der Waals surface area contributed by atoms with Crippen LogP contribution in [0.1, 0.15) is 0 Å². The number of anilines is 2. The van der Waals surface area contributed by atoms with Crippen LogP contribution in [0.5, 0.6) is 0 Å². The lowest BCUT2D eigenvalue weighted by Gasteiger charge is -2.12. The van der Waals surface area contributed by atoms with Crippen molar-refractivity contribution in [3.8, 4) is 0 Å². The van der Waals surface area contributed by atoms with Crippen LogP contribution in [0.15, 0.2) is 46.1 Å². The molecule has 0 saturated carbocycles. The molecule has 3 aromatic rings. The molecule has 0 bridgehead atoms. The van der Waals surface area contributed by atoms with Crippen LogP contribution in [0, 0.1) is 0 Å². The first-order valence-corrected chi connectivity index (χ1v) is 6.94. The van der Waals surface area contributed by atoms with Gasteiger partial charge in [-0.15, -0.1) is 0 Å². The van der Waals surface area contributed by atoms with E-state index in [0.29, 0.717) is 21.7 Å². The van der Waals surface area contributed by atoms with Crippen LogP contribution in [0.25, 0.3) is 11.0 Å². The van der Waals surface area contributed by atoms with Crippen molar-refractivity contribution in [2.75, 3.05) is 5.32 Å². The fourth-order valence-corrected chi connectivity index (χ4v) is 2.40. The van der Waals surface area contributed by atoms with Gasteiger partial charge in [0, 0.05) is 31.0 Å². The normalized spacial score (nSPS) is 10.9. The second-order valence-corrected chi connectivity index (χ2v) is 5.33. The third kappa shape index (κ3) is 2.27. The van der Waals surface area contributed by atoms with Crippen molar-refractivity contribution in [1.82, 2.24) is 14.1 Å². The number of nitrogens with zero attached hydrogens (tertiary/aromatic N) is 3. The number of aromatic nitrogens is 3. The average Bonchev–Trinajstić information content (AvgIpc) is 2.53. The zero-order valence-electron chi connectivity index (χ0n) is 12.0. The zero-order valence-corrected chi connectivity index (χ0v) is 12.8. The van der Waals surface area contributed by atoms with E-state index in [2.05, 4.69) is 10.3 Å². The molecule has 6 nitrogen and oxygen atoms in total. The Labute approximate surface area is 130 Å². The molecule has 2 aromatic heterocycles. The van der Waals surface area contributed by atoms with Crippen molar-refractivity contribution in [2.24, 2.45) is 14.1 Å². The lowest BCUT2D eigenvalue weighted by molar-refractivity contribution is 0.708. The molecule has 0 unspecified atom stereocenters. The minimum Gasteiger partial charge on any atom is -0.355 e. The summed E-state index contributed by atoms with van der Waals surface area (Å²) in [5.41, 5.74) is 0.916. The van der Waals surface area contributed by atoms with Crippen LogP contribution >= 0.6 is 11.6 Å². The van der Waals surface area contributed by atoms with E-state index in [-0.39, 0.29) is 5.56 Å². The summed E-state index contributed by atoms with van der Waals surface area (Å²) in [7, 11) is 3.03. The Morgan fingerprint density at radius 1 is 1.05 bits per heavy atom. The first-order chi connectivity index (χ1) is 10.5. The van der Waals surface area contributed by atoms with E-state index in [0.717, 1.165) is 10.3 Å². The Kier molecular flexibility index (Phi) is 3.46. The summed E-state index contributed by atoms with van der Waals surface area (Å²) in [6, 6.07) is 8.81. The van der Waals surface area contributed by atoms with Gasteiger partial charge in [-0.25, -0.2) is 9.78 Å². The molecule has 0 atom stereocenters. The molecule has 0 saturated heterocycles. The average molecular weight is 317 g/mol. The van der Waals surface area contributed by atoms with Crippen molar-refractivity contribution >= 4 is 34.0 Å². The van der Waals surface area contributed by atoms with Gasteiger partial charge in [0.2, 0.25) is 0 Å². The highest BCUT2D eigenvalue weighted by molar-refractivity contribution is 6.30. The van der Waals surface area contributed by atoms with Gasteiger partial charge in [-0.2, -0.15) is 0 Å². The van der Waals surface area contributed by atoms with E-state index >= 15 is 0 Å². The molecular weight excluding hydrogens is 304 g/mol. The first kappa shape index (κ1) is 14.3. The van der Waals surface area contributed by atoms with Gasteiger partial charge in [0.25, 0.3) is 5.56 Å². The number of rotatable bonds is 2. The van der Waals surface area contributed by atoms with Gasteiger partial charge in [-0.05, 0) is 30.3 Å². The van der Waals surface area contributed by atoms with E-state index in [1.165, 1.54) is 11.6 Å². The zero-order chi connectivity index (χ0) is 15.9. The molecule has 22 heavy (non-hydrogen) atoms. The van der Waals surface area contributed by atoms with E-state index in [4.69, 9.17) is 11.6 Å². The minimum absolute atomic E-state index is 0.340. The number of hydrogen-bond donors (Lipinski definition) is 1. The van der Waals surface area contributed by atoms with Crippen molar-refractivity contribution in [1.29, 1.82) is 0 Å². The van der Waals surface area contributed by atoms with Crippen molar-refractivity contribution in [3.63, 3.8) is 0 Å². The minimum atomic E-state index is -0.409. The monoisotopic (exact) mass is 316 g/mol. The first-order valence-electron chi connectivity index (χ1n) is 6.56. The van der Waals surface area contributed by atoms with Crippen LogP contribution < -0.4 is 16.6 Å². The van der Waals surface area contributed by atoms with Gasteiger partial charge in [0.1, 0.15) is 5.39 Å². The van der Waals surface area contributed by atoms with Crippen LogP contribution in [0.2, 0.25) is 5.02 Å². The molecule has 0 fully saturated rings. The lowest BCUT2D eigenvalue weighted by atomic mass is 10.2. The number of halogens is 1. The maximum absolute atomic E-state index is 12.4. The van der Waals surface area contributed by atoms with E-state index in [9.17, 15) is 9.59 Å². The van der Waals surface area contributed by atoms with Gasteiger partial charge in [0.05, 0.1) is 5.69 Å². The maximum Gasteiger partial charge on any atom is 0.332 e. The molecule has 112 valence electrons. The number of benzene rings is 1. The SMILES string of the molecule is Cn1c(=O)c2c(Nc3ccc(Cl)cc3)ccnc2n(C)c1=O. The smallest absolute Gasteiger partial charge is 0.332 e. The van der Waals surface area contributed by atoms with Gasteiger partial charge < -0.3 is 5.32 Å². The number of fused-ring (bicyclic) bond motifs is 1. The summed E-state index contributed by atoms with van der Waals surface area (Å²) in [5, 5.41) is 4.15. The van der Waals surface area contributed by atoms with Crippen LogP contribution in [0.3, 0.4) is 0 Å². The fourth-order valence-electron chi connectivity index (χ4n) is 2.28. The van der Waals surface area contributed by atoms with Gasteiger partial charge in [0.15, 0.2) is 5.65 Å². The summed E-state index contributed by atoms with van der Waals surface area (Å²) in [5.74, 6) is 0. The Balaban J connectivity index is 2.25. The summed E-state index contributed by atoms with van der Waals surface area (Å²) in [6.07, 6.45) is 1.56. The predicted molar refractivity (Wildman–Crippen MR) is 87.0 cm³/mol. The summed E-state index contributed by atoms with van der Waals surface area (Å²) < 4.78 is 2.42. The topological polar surface area (TPSA) is 68.9 Å². The highest BCUT2D eigenvalue weighted by Crippen LogP contribution is 2.22. The molecule has 1 aromatic carbocycles. The van der Waals surface area contributed by atoms with Crippen molar-refractivity contribution in [2.45, 2.75) is 0 Å². The van der Waals surface area contributed by atoms with Crippen LogP contribution in [0.4, 0.5) is 11.4 Å². The molecule has 0 spiro atoms. The molecule has 0 aliphatic heterocycles. The Bertz CT molecular complexity index is 974. The molecule has 0 aliphatic carbocycles. The number of nitrogens with one attached hydrogen (secondary N) is 1. The summed E-state index contributed by atoms with van der Waals surface area (Å²) >= 11 is 5.86. The Hall–Kier alpha value is -2.60. The van der Waals surface area contributed by atoms with Crippen LogP contribution in [-0.2, 0) is 14.1 Å². The lowest BCUT2D eigenvalue weighted by Crippen LogP contribution is -2.37. The molecule has 0 amide bonds. The summed E-state index contributed by atoms with van der Waals surface area (Å²) in [4.78, 5) is 28.5. The van der Waals surface area contributed by atoms with E-state index < -0.39 is 5.69 Å². The van der Waals surface area contributed by atoms with E-state index in [1.807, 2.05) is 0 Å². The van der Waals surface area contributed by atoms with E-state index in [1.54, 1.807) is 43.6 Å². The molecule has 7 heteroatoms. The third-order valence-corrected chi connectivity index (χ3v) is 3.72. The standard InChI is InChI=1S/C15H13ClN4O2/c1-19-13-12(14(21)20(2)15(19)22)11(7-8-17-13)18-10-5-3-9(16)4-6-10/h3-8H,1-2H3,(H,17,18). The quantitative estimate of drug-likeness (QED) is 0.785.